The number of amides is 1. The van der Waals surface area contributed by atoms with Gasteiger partial charge in [-0.05, 0) is 18.4 Å². The molecule has 0 saturated carbocycles. The van der Waals surface area contributed by atoms with E-state index >= 15 is 0 Å². The summed E-state index contributed by atoms with van der Waals surface area (Å²) in [4.78, 5) is 12.0. The Kier molecular flexibility index (Phi) is 5.00. The summed E-state index contributed by atoms with van der Waals surface area (Å²) in [7, 11) is 0. The van der Waals surface area contributed by atoms with Crippen molar-refractivity contribution in [3.63, 3.8) is 0 Å². The summed E-state index contributed by atoms with van der Waals surface area (Å²) in [5.74, 6) is -0.236. The molecule has 2 aromatic rings. The zero-order chi connectivity index (χ0) is 13.5. The molecule has 0 bridgehead atoms. The molecule has 6 heteroatoms. The van der Waals surface area contributed by atoms with E-state index in [9.17, 15) is 4.79 Å². The maximum atomic E-state index is 12.0. The first-order valence-electron chi connectivity index (χ1n) is 6.05. The highest BCUT2D eigenvalue weighted by Gasteiger charge is 2.16. The third-order valence-electron chi connectivity index (χ3n) is 2.75. The maximum absolute atomic E-state index is 12.0. The lowest BCUT2D eigenvalue weighted by atomic mass is 10.0. The van der Waals surface area contributed by atoms with Crippen molar-refractivity contribution in [1.29, 1.82) is 0 Å². The van der Waals surface area contributed by atoms with E-state index in [4.69, 9.17) is 5.11 Å². The zero-order valence-corrected chi connectivity index (χ0v) is 11.1. The predicted molar refractivity (Wildman–Crippen MR) is 72.9 cm³/mol. The first kappa shape index (κ1) is 13.6. The standard InChI is InChI=1S/C13H15N3O2S/c17-8-4-7-11(10-5-2-1-3-6-10)15-13(18)12-9-14-19-16-12/h1-3,5-6,9,11,17H,4,7-8H2,(H,15,18). The fourth-order valence-corrected chi connectivity index (χ4v) is 2.21. The third kappa shape index (κ3) is 3.84. The summed E-state index contributed by atoms with van der Waals surface area (Å²) < 4.78 is 7.73. The number of carbonyl (C=O) groups excluding carboxylic acids is 1. The third-order valence-corrected chi connectivity index (χ3v) is 3.23. The van der Waals surface area contributed by atoms with E-state index in [1.54, 1.807) is 0 Å². The van der Waals surface area contributed by atoms with Gasteiger partial charge in [0.25, 0.3) is 5.91 Å². The monoisotopic (exact) mass is 277 g/mol. The molecule has 1 aromatic heterocycles. The summed E-state index contributed by atoms with van der Waals surface area (Å²) in [6.07, 6.45) is 2.77. The Hall–Kier alpha value is -1.79. The van der Waals surface area contributed by atoms with Crippen molar-refractivity contribution >= 4 is 17.6 Å². The van der Waals surface area contributed by atoms with Gasteiger partial charge in [0.15, 0.2) is 5.69 Å². The van der Waals surface area contributed by atoms with Crippen LogP contribution in [-0.4, -0.2) is 26.4 Å². The van der Waals surface area contributed by atoms with Crippen LogP contribution in [0.2, 0.25) is 0 Å². The van der Waals surface area contributed by atoms with Gasteiger partial charge in [0, 0.05) is 6.61 Å². The Balaban J connectivity index is 2.08. The number of aliphatic hydroxyl groups is 1. The number of benzene rings is 1. The van der Waals surface area contributed by atoms with E-state index in [-0.39, 0.29) is 18.6 Å². The molecule has 0 aliphatic carbocycles. The molecule has 0 radical (unpaired) electrons. The molecule has 5 nitrogen and oxygen atoms in total. The topological polar surface area (TPSA) is 75.1 Å². The summed E-state index contributed by atoms with van der Waals surface area (Å²) in [6.45, 7) is 0.109. The highest BCUT2D eigenvalue weighted by Crippen LogP contribution is 2.18. The normalized spacial score (nSPS) is 12.1. The van der Waals surface area contributed by atoms with Crippen molar-refractivity contribution < 1.29 is 9.90 Å². The van der Waals surface area contributed by atoms with Crippen LogP contribution in [0.1, 0.15) is 34.9 Å². The predicted octanol–water partition coefficient (Wildman–Crippen LogP) is 1.78. The van der Waals surface area contributed by atoms with Gasteiger partial charge in [0.1, 0.15) is 0 Å². The molecule has 2 N–H and O–H groups in total. The van der Waals surface area contributed by atoms with Crippen LogP contribution in [0.3, 0.4) is 0 Å². The second kappa shape index (κ2) is 6.96. The molecule has 0 aliphatic rings. The Bertz CT molecular complexity index is 502. The molecule has 1 unspecified atom stereocenters. The van der Waals surface area contributed by atoms with Crippen LogP contribution in [0.4, 0.5) is 0 Å². The number of aliphatic hydroxyl groups excluding tert-OH is 1. The lowest BCUT2D eigenvalue weighted by molar-refractivity contribution is 0.0928. The quantitative estimate of drug-likeness (QED) is 0.844. The van der Waals surface area contributed by atoms with Crippen LogP contribution >= 0.6 is 11.7 Å². The summed E-state index contributed by atoms with van der Waals surface area (Å²) in [5.41, 5.74) is 1.35. The van der Waals surface area contributed by atoms with Crippen LogP contribution in [0.15, 0.2) is 36.5 Å². The van der Waals surface area contributed by atoms with Gasteiger partial charge in [-0.3, -0.25) is 4.79 Å². The van der Waals surface area contributed by atoms with Gasteiger partial charge in [-0.15, -0.1) is 0 Å². The zero-order valence-electron chi connectivity index (χ0n) is 10.3. The highest BCUT2D eigenvalue weighted by molar-refractivity contribution is 6.99. The summed E-state index contributed by atoms with van der Waals surface area (Å²) in [6, 6.07) is 9.58. The van der Waals surface area contributed by atoms with Crippen LogP contribution in [0.5, 0.6) is 0 Å². The Labute approximate surface area is 115 Å². The van der Waals surface area contributed by atoms with Crippen molar-refractivity contribution in [1.82, 2.24) is 14.1 Å². The first-order chi connectivity index (χ1) is 9.31. The molecule has 1 amide bonds. The van der Waals surface area contributed by atoms with Crippen LogP contribution in [-0.2, 0) is 0 Å². The Morgan fingerprint density at radius 2 is 2.16 bits per heavy atom. The molecule has 1 atom stereocenters. The first-order valence-corrected chi connectivity index (χ1v) is 6.78. The van der Waals surface area contributed by atoms with Gasteiger partial charge in [0.05, 0.1) is 24.0 Å². The smallest absolute Gasteiger partial charge is 0.273 e. The molecule has 1 aromatic carbocycles. The minimum Gasteiger partial charge on any atom is -0.396 e. The van der Waals surface area contributed by atoms with Gasteiger partial charge in [-0.2, -0.15) is 8.75 Å². The highest BCUT2D eigenvalue weighted by atomic mass is 32.1. The van der Waals surface area contributed by atoms with E-state index in [0.717, 1.165) is 17.3 Å². The number of carbonyl (C=O) groups is 1. The number of rotatable bonds is 6. The molecular weight excluding hydrogens is 262 g/mol. The number of nitrogens with zero attached hydrogens (tertiary/aromatic N) is 2. The lowest BCUT2D eigenvalue weighted by Gasteiger charge is -2.18. The van der Waals surface area contributed by atoms with Crippen LogP contribution in [0, 0.1) is 0 Å². The van der Waals surface area contributed by atoms with Crippen molar-refractivity contribution in [2.24, 2.45) is 0 Å². The van der Waals surface area contributed by atoms with E-state index < -0.39 is 0 Å². The minimum atomic E-state index is -0.236. The van der Waals surface area contributed by atoms with Crippen molar-refractivity contribution in [2.75, 3.05) is 6.61 Å². The van der Waals surface area contributed by atoms with Crippen LogP contribution in [0.25, 0.3) is 0 Å². The average molecular weight is 277 g/mol. The SMILES string of the molecule is O=C(NC(CCCO)c1ccccc1)c1cnsn1. The van der Waals surface area contributed by atoms with Gasteiger partial charge < -0.3 is 10.4 Å². The number of aromatic nitrogens is 2. The summed E-state index contributed by atoms with van der Waals surface area (Å²) >= 11 is 1.01. The molecule has 1 heterocycles. The molecule has 0 spiro atoms. The Morgan fingerprint density at radius 1 is 1.37 bits per heavy atom. The fraction of sp³-hybridized carbons (Fsp3) is 0.308. The van der Waals surface area contributed by atoms with E-state index in [0.29, 0.717) is 18.5 Å². The van der Waals surface area contributed by atoms with E-state index in [1.807, 2.05) is 30.3 Å². The van der Waals surface area contributed by atoms with Crippen molar-refractivity contribution in [2.45, 2.75) is 18.9 Å². The average Bonchev–Trinajstić information content (AvgIpc) is 2.98. The largest absolute Gasteiger partial charge is 0.396 e. The van der Waals surface area contributed by atoms with Gasteiger partial charge in [-0.25, -0.2) is 0 Å². The van der Waals surface area contributed by atoms with Gasteiger partial charge in [-0.1, -0.05) is 30.3 Å². The van der Waals surface area contributed by atoms with E-state index in [1.165, 1.54) is 6.20 Å². The van der Waals surface area contributed by atoms with Crippen LogP contribution < -0.4 is 5.32 Å². The molecular formula is C13H15N3O2S. The second-order valence-electron chi connectivity index (χ2n) is 4.10. The van der Waals surface area contributed by atoms with Crippen molar-refractivity contribution in [3.8, 4) is 0 Å². The Morgan fingerprint density at radius 3 is 2.79 bits per heavy atom. The van der Waals surface area contributed by atoms with Gasteiger partial charge >= 0.3 is 0 Å². The molecule has 0 saturated heterocycles. The number of hydrogen-bond donors (Lipinski definition) is 2. The molecule has 0 aliphatic heterocycles. The minimum absolute atomic E-state index is 0.109. The lowest BCUT2D eigenvalue weighted by Crippen LogP contribution is -2.29. The molecule has 100 valence electrons. The maximum Gasteiger partial charge on any atom is 0.273 e. The van der Waals surface area contributed by atoms with Gasteiger partial charge in [0.2, 0.25) is 0 Å². The molecule has 2 rings (SSSR count). The second-order valence-corrected chi connectivity index (χ2v) is 4.65. The number of nitrogens with one attached hydrogen (secondary N) is 1. The molecule has 0 fully saturated rings. The fourth-order valence-electron chi connectivity index (χ4n) is 1.80. The summed E-state index contributed by atoms with van der Waals surface area (Å²) in [5, 5.41) is 11.9. The number of hydrogen-bond acceptors (Lipinski definition) is 5. The molecule has 19 heavy (non-hydrogen) atoms. The van der Waals surface area contributed by atoms with Crippen molar-refractivity contribution in [3.05, 3.63) is 47.8 Å². The van der Waals surface area contributed by atoms with E-state index in [2.05, 4.69) is 14.1 Å².